The van der Waals surface area contributed by atoms with Gasteiger partial charge in [0.2, 0.25) is 0 Å². The highest BCUT2D eigenvalue weighted by atomic mass is 32.1. The zero-order valence-corrected chi connectivity index (χ0v) is 8.91. The lowest BCUT2D eigenvalue weighted by Gasteiger charge is -2.02. The quantitative estimate of drug-likeness (QED) is 0.420. The number of hydrogen-bond acceptors (Lipinski definition) is 3. The third kappa shape index (κ3) is 1.85. The van der Waals surface area contributed by atoms with Crippen molar-refractivity contribution < 1.29 is 0 Å². The van der Waals surface area contributed by atoms with Gasteiger partial charge in [-0.25, -0.2) is 0 Å². The number of thiol groups is 3. The highest BCUT2D eigenvalue weighted by Gasteiger charge is 1.98. The highest BCUT2D eigenvalue weighted by Crippen LogP contribution is 2.20. The van der Waals surface area contributed by atoms with Crippen molar-refractivity contribution >= 4 is 52.4 Å². The van der Waals surface area contributed by atoms with Crippen molar-refractivity contribution in [1.29, 1.82) is 0 Å². The summed E-state index contributed by atoms with van der Waals surface area (Å²) >= 11 is 12.6. The van der Waals surface area contributed by atoms with Crippen molar-refractivity contribution in [3.05, 3.63) is 12.1 Å². The molecule has 0 radical (unpaired) electrons. The molecule has 0 spiro atoms. The molecule has 1 aromatic carbocycles. The summed E-state index contributed by atoms with van der Waals surface area (Å²) in [4.78, 5) is 2.67. The minimum atomic E-state index is 0.862. The summed E-state index contributed by atoms with van der Waals surface area (Å²) in [6.45, 7) is 0. The summed E-state index contributed by atoms with van der Waals surface area (Å²) < 4.78 is 0. The summed E-state index contributed by atoms with van der Waals surface area (Å²) in [5.41, 5.74) is 0. The number of benzene rings is 1. The van der Waals surface area contributed by atoms with Crippen molar-refractivity contribution in [2.45, 2.75) is 14.7 Å². The largest absolute Gasteiger partial charge is 0.143 e. The molecular formula is C6H7PS3. The predicted molar refractivity (Wildman–Crippen MR) is 57.5 cm³/mol. The molecule has 1 aromatic rings. The van der Waals surface area contributed by atoms with Gasteiger partial charge in [0.05, 0.1) is 0 Å². The van der Waals surface area contributed by atoms with Crippen LogP contribution in [0.1, 0.15) is 0 Å². The molecule has 0 N–H and O–H groups in total. The lowest BCUT2D eigenvalue weighted by molar-refractivity contribution is 1.24. The van der Waals surface area contributed by atoms with Gasteiger partial charge in [-0.15, -0.1) is 47.1 Å². The molecule has 0 bridgehead atoms. The van der Waals surface area contributed by atoms with Crippen LogP contribution in [0.25, 0.3) is 0 Å². The second kappa shape index (κ2) is 3.40. The minimum Gasteiger partial charge on any atom is -0.143 e. The molecule has 1 unspecified atom stereocenters. The molecule has 0 nitrogen and oxygen atoms in total. The molecule has 4 heteroatoms. The maximum Gasteiger partial charge on any atom is 0.0246 e. The molecule has 0 aliphatic heterocycles. The number of hydrogen-bond donors (Lipinski definition) is 3. The smallest absolute Gasteiger partial charge is 0.0246 e. The van der Waals surface area contributed by atoms with Gasteiger partial charge in [0.25, 0.3) is 0 Å². The minimum absolute atomic E-state index is 0.862. The van der Waals surface area contributed by atoms with E-state index < -0.39 is 0 Å². The van der Waals surface area contributed by atoms with Crippen molar-refractivity contribution in [2.24, 2.45) is 0 Å². The van der Waals surface area contributed by atoms with E-state index in [1.165, 1.54) is 0 Å². The van der Waals surface area contributed by atoms with E-state index in [0.29, 0.717) is 0 Å². The summed E-state index contributed by atoms with van der Waals surface area (Å²) in [6.07, 6.45) is 0. The van der Waals surface area contributed by atoms with Gasteiger partial charge < -0.3 is 0 Å². The van der Waals surface area contributed by atoms with Crippen LogP contribution in [0.15, 0.2) is 26.8 Å². The molecule has 10 heavy (non-hydrogen) atoms. The van der Waals surface area contributed by atoms with Crippen LogP contribution in [0.2, 0.25) is 0 Å². The molecule has 0 heterocycles. The van der Waals surface area contributed by atoms with E-state index in [2.05, 4.69) is 47.1 Å². The van der Waals surface area contributed by atoms with Gasteiger partial charge in [-0.1, -0.05) is 0 Å². The molecule has 0 aliphatic rings. The van der Waals surface area contributed by atoms with Crippen LogP contribution in [0.5, 0.6) is 0 Å². The predicted octanol–water partition coefficient (Wildman–Crippen LogP) is 2.05. The van der Waals surface area contributed by atoms with Gasteiger partial charge in [-0.2, -0.15) is 0 Å². The molecule has 0 fully saturated rings. The lowest BCUT2D eigenvalue weighted by atomic mass is 10.3. The highest BCUT2D eigenvalue weighted by molar-refractivity contribution is 7.84. The normalized spacial score (nSPS) is 10.0. The van der Waals surface area contributed by atoms with Crippen molar-refractivity contribution in [1.82, 2.24) is 0 Å². The third-order valence-electron chi connectivity index (χ3n) is 1.10. The first-order chi connectivity index (χ1) is 4.61. The van der Waals surface area contributed by atoms with Gasteiger partial charge in [0.15, 0.2) is 0 Å². The van der Waals surface area contributed by atoms with E-state index in [9.17, 15) is 0 Å². The van der Waals surface area contributed by atoms with Crippen LogP contribution in [0, 0.1) is 0 Å². The monoisotopic (exact) mass is 206 g/mol. The van der Waals surface area contributed by atoms with Crippen LogP contribution >= 0.6 is 47.1 Å². The van der Waals surface area contributed by atoms with Gasteiger partial charge in [-0.05, 0) is 17.4 Å². The average molecular weight is 206 g/mol. The van der Waals surface area contributed by atoms with E-state index >= 15 is 0 Å². The lowest BCUT2D eigenvalue weighted by Crippen LogP contribution is -1.93. The van der Waals surface area contributed by atoms with E-state index in [4.69, 9.17) is 0 Å². The molecular weight excluding hydrogens is 199 g/mol. The summed E-state index contributed by atoms with van der Waals surface area (Å²) in [6, 6.07) is 3.79. The molecule has 1 rings (SSSR count). The maximum atomic E-state index is 4.23. The Morgan fingerprint density at radius 2 is 1.70 bits per heavy atom. The van der Waals surface area contributed by atoms with Crippen LogP contribution < -0.4 is 5.30 Å². The standard InChI is InChI=1S/C6H7PS3/c7-4-1-3(8)2-5(9)6(4)10/h1-2,8-10H,7H2. The van der Waals surface area contributed by atoms with Gasteiger partial charge in [0, 0.05) is 14.7 Å². The summed E-state index contributed by atoms with van der Waals surface area (Å²) in [5.74, 6) is 0. The van der Waals surface area contributed by atoms with Crippen LogP contribution in [0.3, 0.4) is 0 Å². The molecule has 0 aliphatic carbocycles. The third-order valence-corrected chi connectivity index (χ3v) is 3.09. The van der Waals surface area contributed by atoms with Gasteiger partial charge >= 0.3 is 0 Å². The Morgan fingerprint density at radius 3 is 2.20 bits per heavy atom. The zero-order valence-electron chi connectivity index (χ0n) is 5.07. The van der Waals surface area contributed by atoms with Crippen molar-refractivity contribution in [2.75, 3.05) is 0 Å². The SMILES string of the molecule is Pc1cc(S)cc(S)c1S. The second-order valence-electron chi connectivity index (χ2n) is 1.90. The fraction of sp³-hybridized carbons (Fsp3) is 0. The first-order valence-electron chi connectivity index (χ1n) is 2.61. The topological polar surface area (TPSA) is 0 Å². The number of rotatable bonds is 0. The summed E-state index contributed by atoms with van der Waals surface area (Å²) in [5, 5.41) is 1.03. The van der Waals surface area contributed by atoms with Crippen molar-refractivity contribution in [3.63, 3.8) is 0 Å². The molecule has 0 saturated carbocycles. The van der Waals surface area contributed by atoms with Crippen molar-refractivity contribution in [3.8, 4) is 0 Å². The summed E-state index contributed by atoms with van der Waals surface area (Å²) in [7, 11) is 2.58. The molecule has 0 saturated heterocycles. The Labute approximate surface area is 79.2 Å². The van der Waals surface area contributed by atoms with Gasteiger partial charge in [0.1, 0.15) is 0 Å². The van der Waals surface area contributed by atoms with Crippen LogP contribution in [-0.4, -0.2) is 0 Å². The Bertz CT molecular complexity index is 236. The zero-order chi connectivity index (χ0) is 7.72. The van der Waals surface area contributed by atoms with E-state index in [-0.39, 0.29) is 0 Å². The van der Waals surface area contributed by atoms with Crippen LogP contribution in [0.4, 0.5) is 0 Å². The second-order valence-corrected chi connectivity index (χ2v) is 3.97. The maximum absolute atomic E-state index is 4.23. The molecule has 0 aromatic heterocycles. The van der Waals surface area contributed by atoms with Gasteiger partial charge in [-0.3, -0.25) is 0 Å². The Morgan fingerprint density at radius 1 is 1.10 bits per heavy atom. The molecule has 0 amide bonds. The Balaban J connectivity index is 3.31. The first kappa shape index (κ1) is 8.79. The van der Waals surface area contributed by atoms with E-state index in [0.717, 1.165) is 20.0 Å². The Kier molecular flexibility index (Phi) is 2.99. The van der Waals surface area contributed by atoms with Crippen LogP contribution in [-0.2, 0) is 0 Å². The van der Waals surface area contributed by atoms with E-state index in [1.54, 1.807) is 0 Å². The Hall–Kier alpha value is 0.700. The molecule has 54 valence electrons. The average Bonchev–Trinajstić information content (AvgIpc) is 1.82. The first-order valence-corrected chi connectivity index (χ1v) is 4.53. The fourth-order valence-electron chi connectivity index (χ4n) is 0.626. The van der Waals surface area contributed by atoms with E-state index in [1.807, 2.05) is 12.1 Å². The fourth-order valence-corrected chi connectivity index (χ4v) is 1.99. The molecule has 1 atom stereocenters.